The molecule has 0 spiro atoms. The van der Waals surface area contributed by atoms with Crippen LogP contribution in [0.3, 0.4) is 0 Å². The van der Waals surface area contributed by atoms with Gasteiger partial charge in [-0.15, -0.1) is 0 Å². The highest BCUT2D eigenvalue weighted by atomic mass is 32.2. The molecule has 2 unspecified atom stereocenters. The number of rotatable bonds is 11. The van der Waals surface area contributed by atoms with E-state index >= 15 is 0 Å². The summed E-state index contributed by atoms with van der Waals surface area (Å²) >= 11 is 0.870. The number of likely N-dealkylation sites (N-methyl/N-ethyl adjacent to an activating group) is 1. The zero-order valence-electron chi connectivity index (χ0n) is 17.3. The molecule has 0 aromatic heterocycles. The second-order valence-electron chi connectivity index (χ2n) is 7.35. The Bertz CT molecular complexity index is 692. The van der Waals surface area contributed by atoms with Gasteiger partial charge < -0.3 is 15.7 Å². The summed E-state index contributed by atoms with van der Waals surface area (Å²) in [6, 6.07) is 8.51. The van der Waals surface area contributed by atoms with Gasteiger partial charge in [-0.25, -0.2) is 0 Å². The van der Waals surface area contributed by atoms with Crippen LogP contribution in [-0.4, -0.2) is 46.3 Å². The molecule has 0 aliphatic rings. The van der Waals surface area contributed by atoms with E-state index in [1.165, 1.54) is 14.0 Å². The minimum atomic E-state index is -1.07. The maximum atomic E-state index is 13.1. The lowest BCUT2D eigenvalue weighted by atomic mass is 9.91. The van der Waals surface area contributed by atoms with Crippen molar-refractivity contribution in [2.75, 3.05) is 7.05 Å². The van der Waals surface area contributed by atoms with Crippen molar-refractivity contribution in [2.45, 2.75) is 51.3 Å². The molecule has 160 valence electrons. The third kappa shape index (κ3) is 9.13. The molecule has 0 heterocycles. The van der Waals surface area contributed by atoms with Gasteiger partial charge in [-0.05, 0) is 17.9 Å². The Morgan fingerprint density at radius 2 is 1.69 bits per heavy atom. The number of carboxylic acid groups (broad SMARTS) is 1. The fourth-order valence-electron chi connectivity index (χ4n) is 3.10. The molecule has 0 radical (unpaired) electrons. The molecule has 0 aliphatic carbocycles. The average molecular weight is 423 g/mol. The maximum Gasteiger partial charge on any atom is 0.304 e. The van der Waals surface area contributed by atoms with Gasteiger partial charge in [0, 0.05) is 25.6 Å². The van der Waals surface area contributed by atoms with Gasteiger partial charge in [0.2, 0.25) is 11.8 Å². The lowest BCUT2D eigenvalue weighted by molar-refractivity contribution is -0.137. The number of carbonyl (C=O) groups excluding carboxylic acids is 3. The first-order valence-electron chi connectivity index (χ1n) is 9.58. The summed E-state index contributed by atoms with van der Waals surface area (Å²) in [6.07, 6.45) is 0.415. The Labute approximate surface area is 176 Å². The van der Waals surface area contributed by atoms with Crippen LogP contribution in [0.15, 0.2) is 30.3 Å². The summed E-state index contributed by atoms with van der Waals surface area (Å²) in [5, 5.41) is 13.6. The lowest BCUT2D eigenvalue weighted by Gasteiger charge is -2.27. The predicted octanol–water partition coefficient (Wildman–Crippen LogP) is 2.25. The molecule has 0 fully saturated rings. The molecule has 3 atom stereocenters. The molecule has 1 aromatic carbocycles. The number of hydrogen-bond donors (Lipinski definition) is 3. The monoisotopic (exact) mass is 422 g/mol. The quantitative estimate of drug-likeness (QED) is 0.504. The van der Waals surface area contributed by atoms with Gasteiger partial charge in [0.05, 0.1) is 12.3 Å². The van der Waals surface area contributed by atoms with Crippen molar-refractivity contribution < 1.29 is 24.3 Å². The number of carboxylic acids is 1. The van der Waals surface area contributed by atoms with Crippen LogP contribution in [-0.2, 0) is 25.6 Å². The molecule has 0 saturated carbocycles. The molecule has 3 N–H and O–H groups in total. The van der Waals surface area contributed by atoms with E-state index in [-0.39, 0.29) is 23.4 Å². The van der Waals surface area contributed by atoms with Crippen molar-refractivity contribution in [1.82, 2.24) is 10.6 Å². The minimum absolute atomic E-state index is 0.113. The van der Waals surface area contributed by atoms with Gasteiger partial charge in [-0.3, -0.25) is 19.2 Å². The van der Waals surface area contributed by atoms with E-state index in [4.69, 9.17) is 0 Å². The van der Waals surface area contributed by atoms with E-state index in [9.17, 15) is 24.3 Å². The van der Waals surface area contributed by atoms with Crippen LogP contribution in [0.25, 0.3) is 0 Å². The number of aliphatic carboxylic acids is 1. The second-order valence-corrected chi connectivity index (χ2v) is 8.76. The minimum Gasteiger partial charge on any atom is -0.481 e. The summed E-state index contributed by atoms with van der Waals surface area (Å²) in [4.78, 5) is 48.4. The van der Waals surface area contributed by atoms with Crippen LogP contribution in [0.4, 0.5) is 0 Å². The van der Waals surface area contributed by atoms with Crippen molar-refractivity contribution in [3.05, 3.63) is 35.9 Å². The summed E-state index contributed by atoms with van der Waals surface area (Å²) in [5.41, 5.74) is 0.891. The van der Waals surface area contributed by atoms with Crippen molar-refractivity contribution in [3.63, 3.8) is 0 Å². The highest BCUT2D eigenvalue weighted by Gasteiger charge is 2.34. The molecule has 29 heavy (non-hydrogen) atoms. The summed E-state index contributed by atoms with van der Waals surface area (Å²) in [7, 11) is 1.50. The van der Waals surface area contributed by atoms with Gasteiger partial charge >= 0.3 is 5.97 Å². The molecular weight excluding hydrogens is 392 g/mol. The third-order valence-corrected chi connectivity index (χ3v) is 5.50. The molecule has 2 amide bonds. The smallest absolute Gasteiger partial charge is 0.304 e. The van der Waals surface area contributed by atoms with E-state index in [2.05, 4.69) is 10.6 Å². The Morgan fingerprint density at radius 3 is 2.17 bits per heavy atom. The zero-order chi connectivity index (χ0) is 22.0. The van der Waals surface area contributed by atoms with Gasteiger partial charge in [-0.2, -0.15) is 0 Å². The van der Waals surface area contributed by atoms with Crippen LogP contribution in [0.5, 0.6) is 0 Å². The highest BCUT2D eigenvalue weighted by molar-refractivity contribution is 8.14. The first-order chi connectivity index (χ1) is 13.6. The fraction of sp³-hybridized carbons (Fsp3) is 0.524. The molecule has 7 nitrogen and oxygen atoms in total. The van der Waals surface area contributed by atoms with E-state index in [0.29, 0.717) is 12.8 Å². The molecule has 8 heteroatoms. The molecule has 1 aromatic rings. The number of benzene rings is 1. The third-order valence-electron chi connectivity index (χ3n) is 4.37. The van der Waals surface area contributed by atoms with Gasteiger partial charge in [0.1, 0.15) is 6.04 Å². The lowest BCUT2D eigenvalue weighted by Crippen LogP contribution is -2.50. The first-order valence-corrected chi connectivity index (χ1v) is 10.5. The van der Waals surface area contributed by atoms with Crippen LogP contribution >= 0.6 is 11.8 Å². The van der Waals surface area contributed by atoms with Crippen LogP contribution in [0.1, 0.15) is 39.2 Å². The van der Waals surface area contributed by atoms with E-state index in [1.807, 2.05) is 44.2 Å². The highest BCUT2D eigenvalue weighted by Crippen LogP contribution is 2.29. The number of nitrogens with one attached hydrogen (secondary N) is 2. The molecular formula is C21H30N2O5S. The Kier molecular flexibility index (Phi) is 10.4. The number of carbonyl (C=O) groups is 4. The Balaban J connectivity index is 3.08. The summed E-state index contributed by atoms with van der Waals surface area (Å²) in [6.45, 7) is 5.21. The largest absolute Gasteiger partial charge is 0.481 e. The SMILES string of the molecule is CNC(=O)[C@H](Cc1ccccc1)NC(=O)C(CC(C)C)C(CC(=O)O)SC(C)=O. The van der Waals surface area contributed by atoms with Crippen LogP contribution < -0.4 is 10.6 Å². The number of amides is 2. The van der Waals surface area contributed by atoms with Crippen molar-refractivity contribution in [2.24, 2.45) is 11.8 Å². The maximum absolute atomic E-state index is 13.1. The molecule has 1 rings (SSSR count). The normalized spacial score (nSPS) is 14.0. The van der Waals surface area contributed by atoms with Gasteiger partial charge in [0.25, 0.3) is 0 Å². The van der Waals surface area contributed by atoms with E-state index in [1.54, 1.807) is 0 Å². The summed E-state index contributed by atoms with van der Waals surface area (Å²) < 4.78 is 0. The van der Waals surface area contributed by atoms with E-state index < -0.39 is 29.1 Å². The Hall–Kier alpha value is -2.35. The first kappa shape index (κ1) is 24.7. The molecule has 0 aliphatic heterocycles. The summed E-state index contributed by atoms with van der Waals surface area (Å²) in [5.74, 6) is -2.41. The predicted molar refractivity (Wildman–Crippen MR) is 113 cm³/mol. The van der Waals surface area contributed by atoms with Crippen LogP contribution in [0.2, 0.25) is 0 Å². The van der Waals surface area contributed by atoms with Crippen LogP contribution in [0, 0.1) is 11.8 Å². The van der Waals surface area contributed by atoms with E-state index in [0.717, 1.165) is 17.3 Å². The fourth-order valence-corrected chi connectivity index (χ4v) is 4.15. The van der Waals surface area contributed by atoms with Crippen molar-refractivity contribution in [1.29, 1.82) is 0 Å². The average Bonchev–Trinajstić information content (AvgIpc) is 2.64. The standard InChI is InChI=1S/C21H30N2O5S/c1-13(2)10-16(18(12-19(25)26)29-14(3)24)20(27)23-17(21(28)22-4)11-15-8-6-5-7-9-15/h5-9,13,16-18H,10-12H2,1-4H3,(H,22,28)(H,23,27)(H,25,26)/t16?,17-,18?/m0/s1. The molecule has 0 saturated heterocycles. The second kappa shape index (κ2) is 12.3. The zero-order valence-corrected chi connectivity index (χ0v) is 18.1. The molecule has 0 bridgehead atoms. The van der Waals surface area contributed by atoms with Crippen molar-refractivity contribution >= 4 is 34.7 Å². The number of hydrogen-bond acceptors (Lipinski definition) is 5. The number of thioether (sulfide) groups is 1. The van der Waals surface area contributed by atoms with Gasteiger partial charge in [0.15, 0.2) is 5.12 Å². The van der Waals surface area contributed by atoms with Gasteiger partial charge in [-0.1, -0.05) is 55.9 Å². The van der Waals surface area contributed by atoms with Crippen molar-refractivity contribution in [3.8, 4) is 0 Å². The Morgan fingerprint density at radius 1 is 1.07 bits per heavy atom. The topological polar surface area (TPSA) is 113 Å².